The summed E-state index contributed by atoms with van der Waals surface area (Å²) in [4.78, 5) is 11.0. The van der Waals surface area contributed by atoms with Crippen LogP contribution >= 0.6 is 11.6 Å². The minimum Gasteiger partial charge on any atom is -0.479 e. The molecule has 18 heavy (non-hydrogen) atoms. The monoisotopic (exact) mass is 272 g/mol. The minimum absolute atomic E-state index is 0.302. The fraction of sp³-hybridized carbons (Fsp3) is 0.462. The Kier molecular flexibility index (Phi) is 5.44. The van der Waals surface area contributed by atoms with Crippen molar-refractivity contribution >= 4 is 17.6 Å². The summed E-state index contributed by atoms with van der Waals surface area (Å²) in [5.41, 5.74) is 0.662. The average Bonchev–Trinajstić information content (AvgIpc) is 2.30. The van der Waals surface area contributed by atoms with Gasteiger partial charge >= 0.3 is 5.97 Å². The van der Waals surface area contributed by atoms with E-state index >= 15 is 0 Å². The van der Waals surface area contributed by atoms with Gasteiger partial charge in [0.25, 0.3) is 0 Å². The maximum absolute atomic E-state index is 11.0. The van der Waals surface area contributed by atoms with Gasteiger partial charge in [0.2, 0.25) is 0 Å². The SMILES string of the molecule is CCCC(Oc1ccc(C(C)O)cc1Cl)C(=O)O. The highest BCUT2D eigenvalue weighted by Gasteiger charge is 2.19. The van der Waals surface area contributed by atoms with E-state index in [1.165, 1.54) is 0 Å². The average molecular weight is 273 g/mol. The lowest BCUT2D eigenvalue weighted by Gasteiger charge is -2.16. The van der Waals surface area contributed by atoms with Crippen molar-refractivity contribution in [2.75, 3.05) is 0 Å². The maximum Gasteiger partial charge on any atom is 0.344 e. The minimum atomic E-state index is -1.01. The van der Waals surface area contributed by atoms with Gasteiger partial charge in [-0.25, -0.2) is 4.79 Å². The van der Waals surface area contributed by atoms with E-state index in [0.29, 0.717) is 29.2 Å². The van der Waals surface area contributed by atoms with Crippen LogP contribution in [0.3, 0.4) is 0 Å². The van der Waals surface area contributed by atoms with Crippen LogP contribution in [0.4, 0.5) is 0 Å². The van der Waals surface area contributed by atoms with E-state index < -0.39 is 18.2 Å². The number of hydrogen-bond acceptors (Lipinski definition) is 3. The molecule has 2 unspecified atom stereocenters. The maximum atomic E-state index is 11.0. The summed E-state index contributed by atoms with van der Waals surface area (Å²) < 4.78 is 5.37. The van der Waals surface area contributed by atoms with Gasteiger partial charge in [-0.05, 0) is 31.0 Å². The first-order valence-corrected chi connectivity index (χ1v) is 6.20. The molecule has 0 spiro atoms. The lowest BCUT2D eigenvalue weighted by Crippen LogP contribution is -2.26. The highest BCUT2D eigenvalue weighted by Crippen LogP contribution is 2.29. The molecule has 0 bridgehead atoms. The molecule has 1 aromatic carbocycles. The Morgan fingerprint density at radius 3 is 2.61 bits per heavy atom. The predicted octanol–water partition coefficient (Wildman–Crippen LogP) is 3.03. The molecule has 2 N–H and O–H groups in total. The summed E-state index contributed by atoms with van der Waals surface area (Å²) in [6.07, 6.45) is -0.392. The number of carboxylic acid groups (broad SMARTS) is 1. The van der Waals surface area contributed by atoms with Crippen molar-refractivity contribution in [2.24, 2.45) is 0 Å². The van der Waals surface area contributed by atoms with Crippen molar-refractivity contribution in [3.63, 3.8) is 0 Å². The molecule has 0 aliphatic rings. The van der Waals surface area contributed by atoms with Crippen molar-refractivity contribution in [3.8, 4) is 5.75 Å². The number of rotatable bonds is 6. The van der Waals surface area contributed by atoms with Crippen LogP contribution in [0.2, 0.25) is 5.02 Å². The highest BCUT2D eigenvalue weighted by molar-refractivity contribution is 6.32. The fourth-order valence-corrected chi connectivity index (χ4v) is 1.75. The molecule has 0 amide bonds. The number of ether oxygens (including phenoxy) is 1. The second-order valence-corrected chi connectivity index (χ2v) is 4.51. The van der Waals surface area contributed by atoms with Crippen LogP contribution < -0.4 is 4.74 Å². The zero-order valence-corrected chi connectivity index (χ0v) is 11.1. The number of aliphatic carboxylic acids is 1. The first-order chi connectivity index (χ1) is 8.45. The molecule has 100 valence electrons. The number of benzene rings is 1. The molecule has 0 heterocycles. The van der Waals surface area contributed by atoms with Gasteiger partial charge in [0, 0.05) is 0 Å². The molecule has 4 nitrogen and oxygen atoms in total. The number of aliphatic hydroxyl groups excluding tert-OH is 1. The summed E-state index contributed by atoms with van der Waals surface area (Å²) in [5, 5.41) is 18.7. The van der Waals surface area contributed by atoms with Crippen LogP contribution in [0.15, 0.2) is 18.2 Å². The van der Waals surface area contributed by atoms with Crippen LogP contribution in [-0.4, -0.2) is 22.3 Å². The molecule has 0 aromatic heterocycles. The summed E-state index contributed by atoms with van der Waals surface area (Å²) in [5.74, 6) is -0.686. The Labute approximate surface area is 111 Å². The lowest BCUT2D eigenvalue weighted by atomic mass is 10.1. The van der Waals surface area contributed by atoms with Gasteiger partial charge in [0.05, 0.1) is 11.1 Å². The molecule has 0 fully saturated rings. The summed E-state index contributed by atoms with van der Waals surface area (Å²) in [6.45, 7) is 3.51. The van der Waals surface area contributed by atoms with Crippen molar-refractivity contribution in [1.29, 1.82) is 0 Å². The smallest absolute Gasteiger partial charge is 0.344 e. The molecule has 0 saturated carbocycles. The predicted molar refractivity (Wildman–Crippen MR) is 69.0 cm³/mol. The van der Waals surface area contributed by atoms with Crippen molar-refractivity contribution in [1.82, 2.24) is 0 Å². The lowest BCUT2D eigenvalue weighted by molar-refractivity contribution is -0.145. The molecule has 5 heteroatoms. The third-order valence-corrected chi connectivity index (χ3v) is 2.83. The Balaban J connectivity index is 2.86. The zero-order valence-electron chi connectivity index (χ0n) is 10.4. The van der Waals surface area contributed by atoms with Crippen LogP contribution in [0, 0.1) is 0 Å². The molecule has 2 atom stereocenters. The molecule has 0 saturated heterocycles. The fourth-order valence-electron chi connectivity index (χ4n) is 1.52. The molecule has 0 aliphatic carbocycles. The molecule has 1 rings (SSSR count). The number of carbonyl (C=O) groups is 1. The van der Waals surface area contributed by atoms with Crippen LogP contribution in [0.1, 0.15) is 38.4 Å². The molecular weight excluding hydrogens is 256 g/mol. The number of carboxylic acids is 1. The van der Waals surface area contributed by atoms with Crippen molar-refractivity contribution in [3.05, 3.63) is 28.8 Å². The van der Waals surface area contributed by atoms with E-state index in [1.54, 1.807) is 25.1 Å². The quantitative estimate of drug-likeness (QED) is 0.835. The third kappa shape index (κ3) is 3.89. The van der Waals surface area contributed by atoms with Gasteiger partial charge in [0.1, 0.15) is 5.75 Å². The van der Waals surface area contributed by atoms with Crippen molar-refractivity contribution < 1.29 is 19.7 Å². The van der Waals surface area contributed by atoms with Gasteiger partial charge in [-0.15, -0.1) is 0 Å². The molecular formula is C13H17ClO4. The number of hydrogen-bond donors (Lipinski definition) is 2. The number of aliphatic hydroxyl groups is 1. The second-order valence-electron chi connectivity index (χ2n) is 4.10. The Hall–Kier alpha value is -1.26. The van der Waals surface area contributed by atoms with E-state index in [9.17, 15) is 9.90 Å². The zero-order chi connectivity index (χ0) is 13.7. The second kappa shape index (κ2) is 6.61. The number of halogens is 1. The van der Waals surface area contributed by atoms with Crippen molar-refractivity contribution in [2.45, 2.75) is 38.9 Å². The van der Waals surface area contributed by atoms with Gasteiger partial charge in [-0.2, -0.15) is 0 Å². The van der Waals surface area contributed by atoms with Crippen LogP contribution in [0.25, 0.3) is 0 Å². The van der Waals surface area contributed by atoms with Crippen LogP contribution in [0.5, 0.6) is 5.75 Å². The third-order valence-electron chi connectivity index (χ3n) is 2.53. The Morgan fingerprint density at radius 1 is 1.50 bits per heavy atom. The Bertz CT molecular complexity index is 417. The summed E-state index contributed by atoms with van der Waals surface area (Å²) in [6, 6.07) is 4.82. The standard InChI is InChI=1S/C13H17ClO4/c1-3-4-12(13(16)17)18-11-6-5-9(8(2)15)7-10(11)14/h5-8,12,15H,3-4H2,1-2H3,(H,16,17). The Morgan fingerprint density at radius 2 is 2.17 bits per heavy atom. The van der Waals surface area contributed by atoms with Gasteiger partial charge in [-0.3, -0.25) is 0 Å². The van der Waals surface area contributed by atoms with Gasteiger partial charge < -0.3 is 14.9 Å². The molecule has 0 aliphatic heterocycles. The van der Waals surface area contributed by atoms with Gasteiger partial charge in [0.15, 0.2) is 6.10 Å². The molecule has 1 aromatic rings. The summed E-state index contributed by atoms with van der Waals surface area (Å²) in [7, 11) is 0. The highest BCUT2D eigenvalue weighted by atomic mass is 35.5. The first-order valence-electron chi connectivity index (χ1n) is 5.82. The largest absolute Gasteiger partial charge is 0.479 e. The van der Waals surface area contributed by atoms with E-state index in [2.05, 4.69) is 0 Å². The first kappa shape index (κ1) is 14.8. The van der Waals surface area contributed by atoms with E-state index in [1.807, 2.05) is 6.92 Å². The van der Waals surface area contributed by atoms with Crippen LogP contribution in [-0.2, 0) is 4.79 Å². The van der Waals surface area contributed by atoms with Gasteiger partial charge in [-0.1, -0.05) is 31.0 Å². The normalized spacial score (nSPS) is 14.0. The van der Waals surface area contributed by atoms with E-state index in [-0.39, 0.29) is 0 Å². The molecule has 0 radical (unpaired) electrons. The summed E-state index contributed by atoms with van der Waals surface area (Å²) >= 11 is 5.99. The van der Waals surface area contributed by atoms with E-state index in [0.717, 1.165) is 0 Å². The topological polar surface area (TPSA) is 66.8 Å². The van der Waals surface area contributed by atoms with E-state index in [4.69, 9.17) is 21.4 Å².